The molecule has 0 spiro atoms. The van der Waals surface area contributed by atoms with E-state index in [1.54, 1.807) is 32.4 Å². The first-order valence-electron chi connectivity index (χ1n) is 6.97. The van der Waals surface area contributed by atoms with Crippen LogP contribution in [-0.2, 0) is 6.61 Å². The molecular weight excluding hydrogens is 256 g/mol. The summed E-state index contributed by atoms with van der Waals surface area (Å²) in [4.78, 5) is 0. The predicted octanol–water partition coefficient (Wildman–Crippen LogP) is 3.14. The molecule has 0 amide bonds. The van der Waals surface area contributed by atoms with Crippen LogP contribution in [0.2, 0.25) is 0 Å². The molecular formula is C16H20O4. The number of methoxy groups -OCH3 is 2. The van der Waals surface area contributed by atoms with Crippen LogP contribution in [0.25, 0.3) is 10.8 Å². The molecule has 2 rings (SSSR count). The van der Waals surface area contributed by atoms with Crippen LogP contribution >= 0.6 is 0 Å². The smallest absolute Gasteiger partial charge is 0.134 e. The zero-order valence-corrected chi connectivity index (χ0v) is 12.2. The van der Waals surface area contributed by atoms with E-state index in [0.29, 0.717) is 33.6 Å². The first-order chi connectivity index (χ1) is 10.0. The molecule has 4 nitrogen and oxygen atoms in total. The van der Waals surface area contributed by atoms with E-state index in [-0.39, 0.29) is 18.8 Å². The molecule has 0 radical (unpaired) electrons. The summed E-state index contributed by atoms with van der Waals surface area (Å²) in [7, 11) is 3.13. The minimum atomic E-state index is -0.219. The van der Waals surface area contributed by atoms with Gasteiger partial charge in [0.05, 0.1) is 33.7 Å². The maximum Gasteiger partial charge on any atom is 0.134 e. The molecule has 0 unspecified atom stereocenters. The van der Waals surface area contributed by atoms with Crippen molar-refractivity contribution in [1.29, 1.82) is 0 Å². The van der Waals surface area contributed by atoms with Crippen molar-refractivity contribution in [3.8, 4) is 17.2 Å². The van der Waals surface area contributed by atoms with E-state index in [1.165, 1.54) is 0 Å². The predicted molar refractivity (Wildman–Crippen MR) is 78.7 cm³/mol. The number of hydrogen-bond acceptors (Lipinski definition) is 4. The fourth-order valence-corrected chi connectivity index (χ4v) is 2.09. The molecule has 2 aromatic rings. The van der Waals surface area contributed by atoms with Gasteiger partial charge < -0.3 is 19.3 Å². The number of rotatable bonds is 5. The molecule has 108 valence electrons. The fourth-order valence-electron chi connectivity index (χ4n) is 2.09. The average Bonchev–Trinajstić information content (AvgIpc) is 2.48. The van der Waals surface area contributed by atoms with Gasteiger partial charge in [-0.15, -0.1) is 0 Å². The van der Waals surface area contributed by atoms with Gasteiger partial charge in [-0.2, -0.15) is 0 Å². The Morgan fingerprint density at radius 1 is 1.15 bits per heavy atom. The Morgan fingerprint density at radius 2 is 1.90 bits per heavy atom. The molecule has 0 bridgehead atoms. The standard InChI is InChI=1S/C16H20O4/c1-10(2)20-15-6-11(9-17)5-12-7-13(18-3)8-14(19-4)16(12)15/h5-8,10,17H,9H2,1-4H3/i5D. The fraction of sp³-hybridized carbons (Fsp3) is 0.375. The molecule has 4 heteroatoms. The van der Waals surface area contributed by atoms with Crippen molar-refractivity contribution in [2.24, 2.45) is 0 Å². The van der Waals surface area contributed by atoms with E-state index in [9.17, 15) is 5.11 Å². The lowest BCUT2D eigenvalue weighted by Crippen LogP contribution is -2.07. The summed E-state index contributed by atoms with van der Waals surface area (Å²) in [6.07, 6.45) is -0.0249. The Bertz CT molecular complexity index is 653. The molecule has 0 atom stereocenters. The zero-order valence-electron chi connectivity index (χ0n) is 13.2. The third kappa shape index (κ3) is 2.80. The highest BCUT2D eigenvalue weighted by Crippen LogP contribution is 2.38. The number of aliphatic hydroxyl groups is 1. The molecule has 0 fully saturated rings. The van der Waals surface area contributed by atoms with E-state index in [4.69, 9.17) is 15.6 Å². The van der Waals surface area contributed by atoms with Gasteiger partial charge in [0.1, 0.15) is 17.2 Å². The van der Waals surface area contributed by atoms with Crippen molar-refractivity contribution in [3.05, 3.63) is 29.8 Å². The van der Waals surface area contributed by atoms with Crippen LogP contribution in [0.1, 0.15) is 20.8 Å². The van der Waals surface area contributed by atoms with Crippen molar-refractivity contribution in [2.45, 2.75) is 26.6 Å². The molecule has 0 aliphatic rings. The molecule has 0 saturated carbocycles. The molecule has 0 aliphatic carbocycles. The summed E-state index contributed by atoms with van der Waals surface area (Å²) in [5, 5.41) is 10.8. The summed E-state index contributed by atoms with van der Waals surface area (Å²) >= 11 is 0. The lowest BCUT2D eigenvalue weighted by Gasteiger charge is -2.17. The lowest BCUT2D eigenvalue weighted by atomic mass is 10.0. The maximum absolute atomic E-state index is 9.45. The van der Waals surface area contributed by atoms with E-state index in [1.807, 2.05) is 13.8 Å². The summed E-state index contributed by atoms with van der Waals surface area (Å²) in [5.41, 5.74) is 0.508. The maximum atomic E-state index is 9.45. The minimum Gasteiger partial charge on any atom is -0.497 e. The monoisotopic (exact) mass is 277 g/mol. The molecule has 1 N–H and O–H groups in total. The normalized spacial score (nSPS) is 11.6. The lowest BCUT2D eigenvalue weighted by molar-refractivity contribution is 0.242. The van der Waals surface area contributed by atoms with E-state index in [2.05, 4.69) is 0 Å². The number of fused-ring (bicyclic) bond motifs is 1. The van der Waals surface area contributed by atoms with Crippen molar-refractivity contribution in [1.82, 2.24) is 0 Å². The van der Waals surface area contributed by atoms with Gasteiger partial charge in [-0.1, -0.05) is 0 Å². The van der Waals surface area contributed by atoms with Crippen molar-refractivity contribution in [2.75, 3.05) is 14.2 Å². The SMILES string of the molecule is [2H]c1c(CO)cc(OC(C)C)c2c(OC)cc(OC)cc12. The average molecular weight is 277 g/mol. The Hall–Kier alpha value is -1.94. The van der Waals surface area contributed by atoms with Crippen LogP contribution in [-0.4, -0.2) is 25.4 Å². The Labute approximate surface area is 120 Å². The van der Waals surface area contributed by atoms with Crippen LogP contribution < -0.4 is 14.2 Å². The van der Waals surface area contributed by atoms with Crippen molar-refractivity contribution in [3.63, 3.8) is 0 Å². The van der Waals surface area contributed by atoms with Gasteiger partial charge >= 0.3 is 0 Å². The Kier molecular flexibility index (Phi) is 3.92. The van der Waals surface area contributed by atoms with Crippen molar-refractivity contribution < 1.29 is 20.7 Å². The number of ether oxygens (including phenoxy) is 3. The second-order valence-corrected chi connectivity index (χ2v) is 4.74. The van der Waals surface area contributed by atoms with Gasteiger partial charge in [0.15, 0.2) is 0 Å². The van der Waals surface area contributed by atoms with E-state index < -0.39 is 0 Å². The first kappa shape index (κ1) is 13.1. The number of benzene rings is 2. The van der Waals surface area contributed by atoms with Crippen LogP contribution in [0.3, 0.4) is 0 Å². The van der Waals surface area contributed by atoms with Gasteiger partial charge in [-0.05, 0) is 43.0 Å². The van der Waals surface area contributed by atoms with E-state index >= 15 is 0 Å². The topological polar surface area (TPSA) is 47.9 Å². The largest absolute Gasteiger partial charge is 0.497 e. The molecule has 0 saturated heterocycles. The van der Waals surface area contributed by atoms with Crippen molar-refractivity contribution >= 4 is 10.8 Å². The van der Waals surface area contributed by atoms with Crippen LogP contribution in [0, 0.1) is 0 Å². The molecule has 2 aromatic carbocycles. The first-order valence-corrected chi connectivity index (χ1v) is 6.47. The third-order valence-corrected chi connectivity index (χ3v) is 2.91. The van der Waals surface area contributed by atoms with Gasteiger partial charge in [0.25, 0.3) is 0 Å². The highest BCUT2D eigenvalue weighted by molar-refractivity contribution is 5.95. The zero-order chi connectivity index (χ0) is 15.6. The van der Waals surface area contributed by atoms with Gasteiger partial charge in [-0.25, -0.2) is 0 Å². The molecule has 0 aliphatic heterocycles. The second kappa shape index (κ2) is 6.01. The molecule has 0 aromatic heterocycles. The number of hydrogen-bond donors (Lipinski definition) is 1. The Balaban J connectivity index is 2.84. The van der Waals surface area contributed by atoms with Gasteiger partial charge in [0, 0.05) is 6.07 Å². The summed E-state index contributed by atoms with van der Waals surface area (Å²) in [5.74, 6) is 1.77. The van der Waals surface area contributed by atoms with Crippen LogP contribution in [0.4, 0.5) is 0 Å². The van der Waals surface area contributed by atoms with E-state index in [0.717, 1.165) is 0 Å². The molecule has 20 heavy (non-hydrogen) atoms. The summed E-state index contributed by atoms with van der Waals surface area (Å²) in [6.45, 7) is 3.63. The highest BCUT2D eigenvalue weighted by atomic mass is 16.5. The van der Waals surface area contributed by atoms with Gasteiger partial charge in [0.2, 0.25) is 0 Å². The highest BCUT2D eigenvalue weighted by Gasteiger charge is 2.13. The number of aliphatic hydroxyl groups excluding tert-OH is 1. The third-order valence-electron chi connectivity index (χ3n) is 2.91. The quantitative estimate of drug-likeness (QED) is 0.912. The molecule has 0 heterocycles. The van der Waals surface area contributed by atoms with Gasteiger partial charge in [-0.3, -0.25) is 0 Å². The Morgan fingerprint density at radius 3 is 2.45 bits per heavy atom. The second-order valence-electron chi connectivity index (χ2n) is 4.74. The summed E-state index contributed by atoms with van der Waals surface area (Å²) in [6, 6.07) is 5.46. The minimum absolute atomic E-state index is 0.0249. The van der Waals surface area contributed by atoms with Crippen LogP contribution in [0.5, 0.6) is 17.2 Å². The summed E-state index contributed by atoms with van der Waals surface area (Å²) < 4.78 is 24.7. The van der Waals surface area contributed by atoms with Crippen LogP contribution in [0.15, 0.2) is 24.2 Å².